The highest BCUT2D eigenvalue weighted by molar-refractivity contribution is 7.89. The highest BCUT2D eigenvalue weighted by atomic mass is 32.2. The number of sulfonamides is 1. The Hall–Kier alpha value is -0.740. The number of nitrogens with zero attached hydrogens (tertiary/aromatic N) is 3. The molecule has 0 radical (unpaired) electrons. The molecule has 4 saturated carbocycles. The van der Waals surface area contributed by atoms with E-state index in [0.29, 0.717) is 18.0 Å². The molecular formula is C32H56N4O4S. The lowest BCUT2D eigenvalue weighted by Gasteiger charge is -2.37. The molecule has 0 aromatic rings. The summed E-state index contributed by atoms with van der Waals surface area (Å²) < 4.78 is 42.1. The summed E-state index contributed by atoms with van der Waals surface area (Å²) in [6, 6.07) is 0.847. The van der Waals surface area contributed by atoms with E-state index in [0.717, 1.165) is 70.0 Å². The van der Waals surface area contributed by atoms with E-state index in [2.05, 4.69) is 10.4 Å². The molecule has 234 valence electrons. The zero-order chi connectivity index (χ0) is 28.4. The monoisotopic (exact) mass is 592 g/mol. The van der Waals surface area contributed by atoms with Gasteiger partial charge in [-0.25, -0.2) is 13.4 Å². The maximum Gasteiger partial charge on any atom is 0.252 e. The number of hydrazine groups is 1. The molecule has 0 aromatic heterocycles. The average molecular weight is 593 g/mol. The molecule has 1 saturated heterocycles. The van der Waals surface area contributed by atoms with Gasteiger partial charge in [-0.05, 0) is 63.7 Å². The second kappa shape index (κ2) is 13.5. The average Bonchev–Trinajstić information content (AvgIpc) is 3.68. The third kappa shape index (κ3) is 6.40. The van der Waals surface area contributed by atoms with Crippen molar-refractivity contribution in [3.63, 3.8) is 0 Å². The van der Waals surface area contributed by atoms with Crippen LogP contribution in [0.1, 0.15) is 122 Å². The molecule has 9 heteroatoms. The lowest BCUT2D eigenvalue weighted by Crippen LogP contribution is -2.49. The zero-order valence-corrected chi connectivity index (χ0v) is 26.5. The fourth-order valence-electron chi connectivity index (χ4n) is 9.42. The fourth-order valence-corrected chi connectivity index (χ4v) is 11.5. The van der Waals surface area contributed by atoms with E-state index in [1.807, 2.05) is 0 Å². The van der Waals surface area contributed by atoms with Crippen LogP contribution in [0.3, 0.4) is 0 Å². The van der Waals surface area contributed by atoms with E-state index >= 15 is 0 Å². The van der Waals surface area contributed by atoms with Crippen LogP contribution in [-0.2, 0) is 19.5 Å². The maximum absolute atomic E-state index is 14.4. The summed E-state index contributed by atoms with van der Waals surface area (Å²) in [5.41, 5.74) is 5.16. The molecule has 6 aliphatic rings. The second-order valence-electron chi connectivity index (χ2n) is 14.2. The first-order valence-electron chi connectivity index (χ1n) is 17.2. The van der Waals surface area contributed by atoms with Gasteiger partial charge in [0.05, 0.1) is 23.5 Å². The number of hydrazone groups is 1. The molecule has 0 aromatic carbocycles. The third-order valence-electron chi connectivity index (χ3n) is 11.8. The van der Waals surface area contributed by atoms with Crippen LogP contribution in [0.25, 0.3) is 0 Å². The highest BCUT2D eigenvalue weighted by Gasteiger charge is 2.52. The molecule has 0 amide bonds. The highest BCUT2D eigenvalue weighted by Crippen LogP contribution is 2.43. The largest absolute Gasteiger partial charge is 0.379 e. The number of ether oxygens (including phenoxy) is 2. The molecule has 1 N–H and O–H groups in total. The van der Waals surface area contributed by atoms with E-state index in [1.54, 1.807) is 18.6 Å². The normalized spacial score (nSPS) is 37.5. The van der Waals surface area contributed by atoms with Crippen molar-refractivity contribution < 1.29 is 17.9 Å². The minimum Gasteiger partial charge on any atom is -0.379 e. The van der Waals surface area contributed by atoms with Gasteiger partial charge in [0, 0.05) is 56.8 Å². The molecule has 41 heavy (non-hydrogen) atoms. The third-order valence-corrected chi connectivity index (χ3v) is 14.0. The first-order valence-corrected chi connectivity index (χ1v) is 18.7. The van der Waals surface area contributed by atoms with Gasteiger partial charge in [0.25, 0.3) is 10.0 Å². The maximum atomic E-state index is 14.4. The van der Waals surface area contributed by atoms with Crippen molar-refractivity contribution in [1.82, 2.24) is 14.8 Å². The van der Waals surface area contributed by atoms with Crippen molar-refractivity contribution in [2.75, 3.05) is 20.8 Å². The number of rotatable bonds is 8. The van der Waals surface area contributed by atoms with Gasteiger partial charge in [0.15, 0.2) is 0 Å². The molecule has 4 aliphatic carbocycles. The molecule has 0 bridgehead atoms. The summed E-state index contributed by atoms with van der Waals surface area (Å²) in [7, 11) is 0.0404. The standard InChI is InChI=1S/C32H56N4O4S/c1-39-30-19-18-24(20-31(30)40-2)28-21-29(36(33-28)41(37,38)26-16-10-5-11-17-26)27-22-35(25-14-8-4-9-15-25)34-32(27)23-12-6-3-7-13-23/h23-27,29-32,34H,3-22H2,1-2H3. The van der Waals surface area contributed by atoms with Gasteiger partial charge in [-0.3, -0.25) is 5.43 Å². The van der Waals surface area contributed by atoms with Crippen molar-refractivity contribution in [1.29, 1.82) is 0 Å². The van der Waals surface area contributed by atoms with Gasteiger partial charge in [-0.15, -0.1) is 0 Å². The van der Waals surface area contributed by atoms with E-state index in [9.17, 15) is 8.42 Å². The zero-order valence-electron chi connectivity index (χ0n) is 25.7. The summed E-state index contributed by atoms with van der Waals surface area (Å²) in [4.78, 5) is 0. The first-order chi connectivity index (χ1) is 20.0. The minimum absolute atomic E-state index is 0.0360. The molecule has 8 nitrogen and oxygen atoms in total. The SMILES string of the molecule is COC1CCC(C2=NN(S(=O)(=O)C3CCCCC3)C(C3CN(C4CCCCC4)NC3C3CCCCC3)C2)CC1OC. The van der Waals surface area contributed by atoms with Crippen molar-refractivity contribution in [3.05, 3.63) is 0 Å². The summed E-state index contributed by atoms with van der Waals surface area (Å²) in [6.45, 7) is 0.951. The Morgan fingerprint density at radius 2 is 1.41 bits per heavy atom. The summed E-state index contributed by atoms with van der Waals surface area (Å²) >= 11 is 0. The van der Waals surface area contributed by atoms with Gasteiger partial charge in [0.1, 0.15) is 0 Å². The molecule has 6 unspecified atom stereocenters. The van der Waals surface area contributed by atoms with Crippen LogP contribution in [0.15, 0.2) is 5.10 Å². The van der Waals surface area contributed by atoms with Crippen molar-refractivity contribution in [2.24, 2.45) is 22.9 Å². The van der Waals surface area contributed by atoms with E-state index in [1.165, 1.54) is 64.2 Å². The lowest BCUT2D eigenvalue weighted by molar-refractivity contribution is -0.0639. The fraction of sp³-hybridized carbons (Fsp3) is 0.969. The Kier molecular flexibility index (Phi) is 9.97. The van der Waals surface area contributed by atoms with Crippen molar-refractivity contribution in [3.8, 4) is 0 Å². The minimum atomic E-state index is -3.51. The van der Waals surface area contributed by atoms with Gasteiger partial charge < -0.3 is 9.47 Å². The second-order valence-corrected chi connectivity index (χ2v) is 16.2. The summed E-state index contributed by atoms with van der Waals surface area (Å²) in [6.07, 6.45) is 21.4. The molecule has 2 heterocycles. The predicted molar refractivity (Wildman–Crippen MR) is 163 cm³/mol. The van der Waals surface area contributed by atoms with E-state index in [4.69, 9.17) is 14.6 Å². The van der Waals surface area contributed by atoms with Gasteiger partial charge in [0.2, 0.25) is 0 Å². The van der Waals surface area contributed by atoms with Crippen LogP contribution in [0, 0.1) is 17.8 Å². The smallest absolute Gasteiger partial charge is 0.252 e. The van der Waals surface area contributed by atoms with Crippen molar-refractivity contribution >= 4 is 15.7 Å². The topological polar surface area (TPSA) is 83.5 Å². The number of hydrogen-bond acceptors (Lipinski definition) is 7. The van der Waals surface area contributed by atoms with Crippen LogP contribution in [-0.4, -0.2) is 79.9 Å². The number of methoxy groups -OCH3 is 2. The quantitative estimate of drug-likeness (QED) is 0.394. The number of hydrogen-bond donors (Lipinski definition) is 1. The molecule has 6 atom stereocenters. The van der Waals surface area contributed by atoms with Crippen molar-refractivity contribution in [2.45, 2.75) is 158 Å². The predicted octanol–water partition coefficient (Wildman–Crippen LogP) is 5.63. The Morgan fingerprint density at radius 3 is 2.07 bits per heavy atom. The van der Waals surface area contributed by atoms with Crippen LogP contribution < -0.4 is 5.43 Å². The Bertz CT molecular complexity index is 990. The Balaban J connectivity index is 1.29. The van der Waals surface area contributed by atoms with Crippen LogP contribution >= 0.6 is 0 Å². The Labute approximate surface area is 249 Å². The van der Waals surface area contributed by atoms with Gasteiger partial charge in [-0.1, -0.05) is 57.8 Å². The molecule has 5 fully saturated rings. The Morgan fingerprint density at radius 1 is 0.780 bits per heavy atom. The van der Waals surface area contributed by atoms with Gasteiger partial charge in [-0.2, -0.15) is 9.52 Å². The number of nitrogens with one attached hydrogen (secondary N) is 1. The van der Waals surface area contributed by atoms with E-state index < -0.39 is 10.0 Å². The van der Waals surface area contributed by atoms with Crippen LogP contribution in [0.2, 0.25) is 0 Å². The molecule has 2 aliphatic heterocycles. The molecule has 0 spiro atoms. The van der Waals surface area contributed by atoms with Crippen LogP contribution in [0.5, 0.6) is 0 Å². The van der Waals surface area contributed by atoms with E-state index in [-0.39, 0.29) is 35.3 Å². The van der Waals surface area contributed by atoms with Crippen LogP contribution in [0.4, 0.5) is 0 Å². The first kappa shape index (κ1) is 30.3. The van der Waals surface area contributed by atoms with Gasteiger partial charge >= 0.3 is 0 Å². The molecule has 6 rings (SSSR count). The summed E-state index contributed by atoms with van der Waals surface area (Å²) in [5, 5.41) is 7.42. The summed E-state index contributed by atoms with van der Waals surface area (Å²) in [5.74, 6) is 1.16. The lowest BCUT2D eigenvalue weighted by atomic mass is 9.75. The molecular weight excluding hydrogens is 536 g/mol.